The van der Waals surface area contributed by atoms with Crippen LogP contribution in [0, 0.1) is 11.3 Å². The van der Waals surface area contributed by atoms with Crippen LogP contribution < -0.4 is 0 Å². The highest BCUT2D eigenvalue weighted by Gasteiger charge is 2.24. The van der Waals surface area contributed by atoms with Crippen LogP contribution in [-0.4, -0.2) is 9.55 Å². The number of hydrogen-bond donors (Lipinski definition) is 0. The van der Waals surface area contributed by atoms with E-state index in [2.05, 4.69) is 9.55 Å². The van der Waals surface area contributed by atoms with E-state index >= 15 is 0 Å². The summed E-state index contributed by atoms with van der Waals surface area (Å²) in [5.74, 6) is 0. The summed E-state index contributed by atoms with van der Waals surface area (Å²) in [5, 5.41) is 8.34. The molecular weight excluding hydrogens is 150 g/mol. The molecule has 3 heteroatoms. The summed E-state index contributed by atoms with van der Waals surface area (Å²) in [6.07, 6.45) is 9.37. The van der Waals surface area contributed by atoms with E-state index in [-0.39, 0.29) is 0 Å². The zero-order chi connectivity index (χ0) is 8.39. The van der Waals surface area contributed by atoms with Crippen LogP contribution in [0.1, 0.15) is 24.6 Å². The Hall–Kier alpha value is -1.56. The van der Waals surface area contributed by atoms with Crippen molar-refractivity contribution in [3.8, 4) is 6.07 Å². The summed E-state index contributed by atoms with van der Waals surface area (Å²) in [4.78, 5) is 4.04. The summed E-state index contributed by atoms with van der Waals surface area (Å²) in [5.41, 5.74) is 1.03. The zero-order valence-corrected chi connectivity index (χ0v) is 6.64. The molecule has 1 aromatic rings. The third kappa shape index (κ3) is 1.24. The van der Waals surface area contributed by atoms with Crippen molar-refractivity contribution in [2.45, 2.75) is 18.9 Å². The lowest BCUT2D eigenvalue weighted by Gasteiger charge is -1.99. The van der Waals surface area contributed by atoms with Gasteiger partial charge in [-0.05, 0) is 18.9 Å². The first-order chi connectivity index (χ1) is 5.92. The third-order valence-corrected chi connectivity index (χ3v) is 1.96. The minimum atomic E-state index is 0.630. The van der Waals surface area contributed by atoms with Crippen LogP contribution in [0.15, 0.2) is 18.6 Å². The molecule has 0 amide bonds. The molecule has 0 unspecified atom stereocenters. The van der Waals surface area contributed by atoms with Gasteiger partial charge in [-0.3, -0.25) is 0 Å². The summed E-state index contributed by atoms with van der Waals surface area (Å²) < 4.78 is 2.12. The number of allylic oxidation sites excluding steroid dienone is 1. The van der Waals surface area contributed by atoms with Crippen LogP contribution in [0.2, 0.25) is 0 Å². The molecule has 1 aliphatic carbocycles. The number of nitriles is 1. The van der Waals surface area contributed by atoms with Crippen LogP contribution in [0.3, 0.4) is 0 Å². The molecule has 60 valence electrons. The predicted molar refractivity (Wildman–Crippen MR) is 45.1 cm³/mol. The smallest absolute Gasteiger partial charge is 0.0953 e. The van der Waals surface area contributed by atoms with Crippen molar-refractivity contribution in [1.82, 2.24) is 9.55 Å². The second kappa shape index (κ2) is 2.82. The van der Waals surface area contributed by atoms with Gasteiger partial charge in [0.25, 0.3) is 0 Å². The second-order valence-corrected chi connectivity index (χ2v) is 2.92. The lowest BCUT2D eigenvalue weighted by atomic mass is 10.4. The molecule has 0 atom stereocenters. The van der Waals surface area contributed by atoms with Gasteiger partial charge in [0.2, 0.25) is 0 Å². The molecule has 0 bridgehead atoms. The fourth-order valence-corrected chi connectivity index (χ4v) is 1.22. The van der Waals surface area contributed by atoms with E-state index in [1.807, 2.05) is 12.4 Å². The highest BCUT2D eigenvalue weighted by atomic mass is 15.1. The normalized spacial score (nSPS) is 16.6. The van der Waals surface area contributed by atoms with Gasteiger partial charge >= 0.3 is 0 Å². The molecule has 0 spiro atoms. The van der Waals surface area contributed by atoms with Crippen molar-refractivity contribution in [1.29, 1.82) is 5.26 Å². The van der Waals surface area contributed by atoms with Crippen LogP contribution >= 0.6 is 0 Å². The number of imidazole rings is 1. The molecular formula is C9H9N3. The van der Waals surface area contributed by atoms with Gasteiger partial charge in [-0.15, -0.1) is 0 Å². The Bertz CT molecular complexity index is 339. The highest BCUT2D eigenvalue weighted by molar-refractivity contribution is 5.47. The fourth-order valence-electron chi connectivity index (χ4n) is 1.22. The van der Waals surface area contributed by atoms with Gasteiger partial charge in [-0.25, -0.2) is 4.98 Å². The molecule has 0 saturated heterocycles. The SMILES string of the molecule is N#CC=Cc1cncn1C1CC1. The lowest BCUT2D eigenvalue weighted by molar-refractivity contribution is 0.734. The van der Waals surface area contributed by atoms with Crippen molar-refractivity contribution < 1.29 is 0 Å². The molecule has 0 aromatic carbocycles. The Labute approximate surface area is 71.0 Å². The molecule has 0 radical (unpaired) electrons. The van der Waals surface area contributed by atoms with Gasteiger partial charge in [-0.1, -0.05) is 0 Å². The topological polar surface area (TPSA) is 41.6 Å². The second-order valence-electron chi connectivity index (χ2n) is 2.92. The molecule has 1 heterocycles. The lowest BCUT2D eigenvalue weighted by Crippen LogP contribution is -1.93. The maximum absolute atomic E-state index is 8.34. The third-order valence-electron chi connectivity index (χ3n) is 1.96. The quantitative estimate of drug-likeness (QED) is 0.617. The molecule has 1 aliphatic rings. The Balaban J connectivity index is 2.25. The molecule has 1 aromatic heterocycles. The van der Waals surface area contributed by atoms with Crippen molar-refractivity contribution in [2.75, 3.05) is 0 Å². The Morgan fingerprint density at radius 2 is 2.50 bits per heavy atom. The van der Waals surface area contributed by atoms with E-state index in [0.29, 0.717) is 6.04 Å². The maximum Gasteiger partial charge on any atom is 0.0953 e. The molecule has 1 saturated carbocycles. The maximum atomic E-state index is 8.34. The van der Waals surface area contributed by atoms with Gasteiger partial charge < -0.3 is 4.57 Å². The fraction of sp³-hybridized carbons (Fsp3) is 0.333. The molecule has 12 heavy (non-hydrogen) atoms. The van der Waals surface area contributed by atoms with Gasteiger partial charge in [0.15, 0.2) is 0 Å². The average Bonchev–Trinajstić information content (AvgIpc) is 2.83. The van der Waals surface area contributed by atoms with E-state index < -0.39 is 0 Å². The van der Waals surface area contributed by atoms with Crippen LogP contribution in [0.4, 0.5) is 0 Å². The van der Waals surface area contributed by atoms with Gasteiger partial charge in [-0.2, -0.15) is 5.26 Å². The number of rotatable bonds is 2. The summed E-state index contributed by atoms with van der Waals surface area (Å²) in [6.45, 7) is 0. The van der Waals surface area contributed by atoms with Gasteiger partial charge in [0.05, 0.1) is 24.3 Å². The van der Waals surface area contributed by atoms with Crippen molar-refractivity contribution in [3.63, 3.8) is 0 Å². The molecule has 1 fully saturated rings. The van der Waals surface area contributed by atoms with Gasteiger partial charge in [0.1, 0.15) is 0 Å². The zero-order valence-electron chi connectivity index (χ0n) is 6.64. The van der Waals surface area contributed by atoms with Gasteiger partial charge in [0, 0.05) is 12.1 Å². The summed E-state index contributed by atoms with van der Waals surface area (Å²) in [7, 11) is 0. The monoisotopic (exact) mass is 159 g/mol. The first kappa shape index (κ1) is 7.11. The van der Waals surface area contributed by atoms with Crippen molar-refractivity contribution in [2.24, 2.45) is 0 Å². The predicted octanol–water partition coefficient (Wildman–Crippen LogP) is 1.75. The largest absolute Gasteiger partial charge is 0.328 e. The van der Waals surface area contributed by atoms with E-state index in [0.717, 1.165) is 5.69 Å². The number of nitrogens with zero attached hydrogens (tertiary/aromatic N) is 3. The van der Waals surface area contributed by atoms with Crippen LogP contribution in [-0.2, 0) is 0 Å². The van der Waals surface area contributed by atoms with E-state index in [9.17, 15) is 0 Å². The van der Waals surface area contributed by atoms with Crippen LogP contribution in [0.5, 0.6) is 0 Å². The van der Waals surface area contributed by atoms with Crippen molar-refractivity contribution >= 4 is 6.08 Å². The van der Waals surface area contributed by atoms with Crippen molar-refractivity contribution in [3.05, 3.63) is 24.3 Å². The molecule has 2 rings (SSSR count). The standard InChI is InChI=1S/C9H9N3/c10-5-1-2-9-6-11-7-12(9)8-3-4-8/h1-2,6-8H,3-4H2. The molecule has 0 N–H and O–H groups in total. The molecule has 0 aliphatic heterocycles. The number of hydrogen-bond acceptors (Lipinski definition) is 2. The average molecular weight is 159 g/mol. The van der Waals surface area contributed by atoms with E-state index in [1.165, 1.54) is 18.9 Å². The Morgan fingerprint density at radius 1 is 1.67 bits per heavy atom. The number of aromatic nitrogens is 2. The summed E-state index contributed by atoms with van der Waals surface area (Å²) in [6, 6.07) is 2.60. The molecule has 3 nitrogen and oxygen atoms in total. The Morgan fingerprint density at radius 3 is 3.17 bits per heavy atom. The first-order valence-electron chi connectivity index (χ1n) is 4.00. The minimum absolute atomic E-state index is 0.630. The highest BCUT2D eigenvalue weighted by Crippen LogP contribution is 2.35. The van der Waals surface area contributed by atoms with E-state index in [1.54, 1.807) is 12.3 Å². The Kier molecular flexibility index (Phi) is 1.67. The summed E-state index contributed by atoms with van der Waals surface area (Å²) >= 11 is 0. The van der Waals surface area contributed by atoms with Crippen LogP contribution in [0.25, 0.3) is 6.08 Å². The van der Waals surface area contributed by atoms with E-state index in [4.69, 9.17) is 5.26 Å². The minimum Gasteiger partial charge on any atom is -0.328 e. The first-order valence-corrected chi connectivity index (χ1v) is 4.00.